The average molecular weight is 708 g/mol. The van der Waals surface area contributed by atoms with Gasteiger partial charge in [-0.25, -0.2) is 0 Å². The van der Waals surface area contributed by atoms with Crippen molar-refractivity contribution in [2.24, 2.45) is 0 Å². The molecule has 0 amide bonds. The summed E-state index contributed by atoms with van der Waals surface area (Å²) in [5.41, 5.74) is 0.628. The van der Waals surface area contributed by atoms with Gasteiger partial charge < -0.3 is 0 Å². The number of rotatable bonds is 11. The molecule has 0 saturated carbocycles. The molecule has 0 aliphatic rings. The third-order valence-electron chi connectivity index (χ3n) is 4.83. The van der Waals surface area contributed by atoms with E-state index in [2.05, 4.69) is 0 Å². The Morgan fingerprint density at radius 2 is 0.944 bits per heavy atom. The van der Waals surface area contributed by atoms with Gasteiger partial charge in [0.05, 0.1) is 0 Å². The summed E-state index contributed by atoms with van der Waals surface area (Å²) in [7, 11) is 0. The van der Waals surface area contributed by atoms with E-state index in [0.29, 0.717) is 24.3 Å². The minimum absolute atomic E-state index is 0.314. The van der Waals surface area contributed by atoms with Crippen LogP contribution in [0.4, 0.5) is 0 Å². The third-order valence-corrected chi connectivity index (χ3v) is 10.1. The number of hydrogen-bond donors (Lipinski definition) is 2. The monoisotopic (exact) mass is 708 g/mol. The van der Waals surface area contributed by atoms with E-state index in [1.54, 1.807) is 36.4 Å². The van der Waals surface area contributed by atoms with Crippen molar-refractivity contribution in [3.05, 3.63) is 122 Å². The van der Waals surface area contributed by atoms with Crippen molar-refractivity contribution in [1.82, 2.24) is 0 Å². The maximum absolute atomic E-state index is 11.1. The molecule has 8 heteroatoms. The first-order chi connectivity index (χ1) is 17.5. The zero-order valence-corrected chi connectivity index (χ0v) is 23.3. The number of carbonyl (C=O) groups is 2. The van der Waals surface area contributed by atoms with Gasteiger partial charge in [-0.3, -0.25) is 0 Å². The van der Waals surface area contributed by atoms with Crippen LogP contribution in [0, 0.1) is 14.3 Å². The molecule has 0 aromatic heterocycles. The van der Waals surface area contributed by atoms with Crippen molar-refractivity contribution in [2.45, 2.75) is 0 Å². The van der Waals surface area contributed by atoms with E-state index < -0.39 is 54.3 Å². The molecule has 36 heavy (non-hydrogen) atoms. The molecule has 186 valence electrons. The minimum atomic E-state index is -0.910. The number of halogens is 2. The summed E-state index contributed by atoms with van der Waals surface area (Å²) < 4.78 is 16.0. The molecule has 4 rings (SSSR count). The molecule has 0 aliphatic carbocycles. The van der Waals surface area contributed by atoms with Gasteiger partial charge >= 0.3 is 231 Å². The Bertz CT molecular complexity index is 1230. The Morgan fingerprint density at radius 1 is 0.556 bits per heavy atom. The normalized spacial score (nSPS) is 10.8. The van der Waals surface area contributed by atoms with Crippen molar-refractivity contribution >= 4 is 11.9 Å². The van der Waals surface area contributed by atoms with E-state index in [0.717, 1.165) is 18.6 Å². The average Bonchev–Trinajstić information content (AvgIpc) is 2.89. The van der Waals surface area contributed by atoms with E-state index >= 15 is 0 Å². The Morgan fingerprint density at radius 3 is 1.31 bits per heavy atom. The van der Waals surface area contributed by atoms with Gasteiger partial charge in [-0.15, -0.1) is 0 Å². The van der Waals surface area contributed by atoms with Gasteiger partial charge in [0.25, 0.3) is 0 Å². The third kappa shape index (κ3) is 7.69. The molecule has 0 atom stereocenters. The van der Waals surface area contributed by atoms with Gasteiger partial charge in [0.2, 0.25) is 0 Å². The molecule has 6 nitrogen and oxygen atoms in total. The van der Waals surface area contributed by atoms with Crippen LogP contribution in [0.2, 0.25) is 0 Å². The SMILES string of the molecule is O=C(O)c1cccc([I-]c2ccc(OCCOc3ccc([I-]c4cccc(C(=O)O)c4)cc3)cc2)c1. The Labute approximate surface area is 229 Å². The van der Waals surface area contributed by atoms with Crippen molar-refractivity contribution in [1.29, 1.82) is 0 Å². The second kappa shape index (κ2) is 12.7. The van der Waals surface area contributed by atoms with Crippen molar-refractivity contribution in [3.8, 4) is 11.5 Å². The van der Waals surface area contributed by atoms with Gasteiger partial charge in [-0.1, -0.05) is 0 Å². The number of ether oxygens (including phenoxy) is 2. The standard InChI is InChI=1S/C28H22I2O6/c31-27(32)19-3-1-5-23(17-19)29-21-7-11-25(12-8-21)35-15-16-36-26-13-9-22(10-14-26)30-24-6-2-4-20(18-24)28(33)34/h1-14,17-18H,15-16H2,(H,31,32)(H,33,34)/q-2. The van der Waals surface area contributed by atoms with Crippen LogP contribution in [0.25, 0.3) is 0 Å². The number of carboxylic acid groups (broad SMARTS) is 2. The van der Waals surface area contributed by atoms with Crippen molar-refractivity contribution in [3.63, 3.8) is 0 Å². The molecular weight excluding hydrogens is 686 g/mol. The van der Waals surface area contributed by atoms with Crippen LogP contribution < -0.4 is 51.9 Å². The van der Waals surface area contributed by atoms with Gasteiger partial charge in [0.1, 0.15) is 0 Å². The van der Waals surface area contributed by atoms with Crippen LogP contribution in [0.15, 0.2) is 97.1 Å². The van der Waals surface area contributed by atoms with Crippen LogP contribution in [0.1, 0.15) is 20.7 Å². The Hall–Kier alpha value is -3.12. The molecule has 0 fully saturated rings. The van der Waals surface area contributed by atoms with E-state index in [1.165, 1.54) is 7.14 Å². The first kappa shape index (κ1) is 26.0. The maximum atomic E-state index is 11.1. The molecule has 4 aromatic rings. The van der Waals surface area contributed by atoms with Crippen molar-refractivity contribution in [2.75, 3.05) is 13.2 Å². The molecule has 4 aromatic carbocycles. The first-order valence-electron chi connectivity index (χ1n) is 10.9. The predicted molar refractivity (Wildman–Crippen MR) is 125 cm³/mol. The fourth-order valence-electron chi connectivity index (χ4n) is 3.12. The molecular formula is C28H22I2O6-2. The fraction of sp³-hybridized carbons (Fsp3) is 0.0714. The summed E-state index contributed by atoms with van der Waals surface area (Å²) in [6.07, 6.45) is 0. The number of hydrogen-bond acceptors (Lipinski definition) is 4. The molecule has 2 N–H and O–H groups in total. The first-order valence-corrected chi connectivity index (χ1v) is 15.2. The molecule has 0 bridgehead atoms. The number of aromatic carboxylic acids is 2. The van der Waals surface area contributed by atoms with Crippen LogP contribution in [-0.2, 0) is 0 Å². The zero-order valence-electron chi connectivity index (χ0n) is 18.9. The Balaban J connectivity index is 1.21. The second-order valence-electron chi connectivity index (χ2n) is 7.42. The van der Waals surface area contributed by atoms with Crippen LogP contribution in [-0.4, -0.2) is 35.4 Å². The number of carboxylic acids is 2. The molecule has 0 radical (unpaired) electrons. The van der Waals surface area contributed by atoms with Crippen molar-refractivity contribution < 1.29 is 71.7 Å². The van der Waals surface area contributed by atoms with Gasteiger partial charge in [0.15, 0.2) is 0 Å². The van der Waals surface area contributed by atoms with E-state index in [4.69, 9.17) is 19.7 Å². The topological polar surface area (TPSA) is 93.1 Å². The Kier molecular flexibility index (Phi) is 9.17. The molecule has 0 heterocycles. The summed E-state index contributed by atoms with van der Waals surface area (Å²) in [6, 6.07) is 30.0. The van der Waals surface area contributed by atoms with Gasteiger partial charge in [0, 0.05) is 0 Å². The number of benzene rings is 4. The van der Waals surface area contributed by atoms with E-state index in [-0.39, 0.29) is 0 Å². The zero-order chi connectivity index (χ0) is 25.3. The van der Waals surface area contributed by atoms with Crippen LogP contribution in [0.5, 0.6) is 11.5 Å². The summed E-state index contributed by atoms with van der Waals surface area (Å²) in [6.45, 7) is 0.817. The van der Waals surface area contributed by atoms with E-state index in [9.17, 15) is 9.59 Å². The van der Waals surface area contributed by atoms with Crippen LogP contribution >= 0.6 is 0 Å². The molecule has 0 spiro atoms. The van der Waals surface area contributed by atoms with Gasteiger partial charge in [-0.05, 0) is 0 Å². The fourth-order valence-corrected chi connectivity index (χ4v) is 7.75. The summed E-state index contributed by atoms with van der Waals surface area (Å²) >= 11 is -0.932. The second-order valence-corrected chi connectivity index (χ2v) is 13.5. The summed E-state index contributed by atoms with van der Waals surface area (Å²) in [4.78, 5) is 22.3. The van der Waals surface area contributed by atoms with Gasteiger partial charge in [-0.2, -0.15) is 0 Å². The predicted octanol–water partition coefficient (Wildman–Crippen LogP) is -1.20. The molecule has 0 saturated heterocycles. The quantitative estimate of drug-likeness (QED) is 0.150. The molecule has 0 aliphatic heterocycles. The summed E-state index contributed by atoms with van der Waals surface area (Å²) in [5, 5.41) is 18.3. The molecule has 0 unspecified atom stereocenters. The van der Waals surface area contributed by atoms with Crippen LogP contribution in [0.3, 0.4) is 0 Å². The van der Waals surface area contributed by atoms with E-state index in [1.807, 2.05) is 60.7 Å². The summed E-state index contributed by atoms with van der Waals surface area (Å²) in [5.74, 6) is -0.302.